The van der Waals surface area contributed by atoms with E-state index in [1.807, 2.05) is 36.4 Å². The summed E-state index contributed by atoms with van der Waals surface area (Å²) in [5.41, 5.74) is 2.36. The number of methoxy groups -OCH3 is 2. The topological polar surface area (TPSA) is 96.4 Å². The zero-order valence-corrected chi connectivity index (χ0v) is 17.6. The summed E-state index contributed by atoms with van der Waals surface area (Å²) in [6, 6.07) is 11.3. The third kappa shape index (κ3) is 3.43. The monoisotopic (exact) mass is 428 g/mol. The van der Waals surface area contributed by atoms with Crippen molar-refractivity contribution in [2.24, 2.45) is 0 Å². The van der Waals surface area contributed by atoms with Crippen LogP contribution in [0.15, 0.2) is 66.0 Å². The number of fused-ring (bicyclic) bond motifs is 3. The summed E-state index contributed by atoms with van der Waals surface area (Å²) in [5.74, 6) is 2.28. The standard InChI is InChI=1S/C23H20N6O3/c1-31-19-6-5-15(12-20(19)32-2)7-10-28-11-8-18-17(22(28)30)14-25-23-26-21(27-29(18)23)16-4-3-9-24-13-16/h3-6,8-9,11-14H,7,10H2,1-2H3. The summed E-state index contributed by atoms with van der Waals surface area (Å²) in [7, 11) is 3.21. The Morgan fingerprint density at radius 1 is 1.03 bits per heavy atom. The zero-order valence-electron chi connectivity index (χ0n) is 17.6. The molecular formula is C23H20N6O3. The number of hydrogen-bond acceptors (Lipinski definition) is 7. The fourth-order valence-corrected chi connectivity index (χ4v) is 3.64. The second-order valence-corrected chi connectivity index (χ2v) is 7.20. The Morgan fingerprint density at radius 2 is 1.91 bits per heavy atom. The fourth-order valence-electron chi connectivity index (χ4n) is 3.64. The number of aromatic nitrogens is 6. The molecule has 0 atom stereocenters. The molecule has 5 rings (SSSR count). The highest BCUT2D eigenvalue weighted by Gasteiger charge is 2.13. The lowest BCUT2D eigenvalue weighted by Gasteiger charge is -2.11. The Hall–Kier alpha value is -4.27. The highest BCUT2D eigenvalue weighted by Crippen LogP contribution is 2.27. The molecule has 0 N–H and O–H groups in total. The van der Waals surface area contributed by atoms with Crippen LogP contribution < -0.4 is 15.0 Å². The minimum atomic E-state index is -0.129. The molecule has 0 amide bonds. The van der Waals surface area contributed by atoms with Gasteiger partial charge in [0, 0.05) is 36.9 Å². The fraction of sp³-hybridized carbons (Fsp3) is 0.174. The highest BCUT2D eigenvalue weighted by atomic mass is 16.5. The molecule has 9 heteroatoms. The van der Waals surface area contributed by atoms with Crippen LogP contribution in [-0.4, -0.2) is 43.4 Å². The molecule has 0 radical (unpaired) electrons. The van der Waals surface area contributed by atoms with E-state index < -0.39 is 0 Å². The first-order valence-electron chi connectivity index (χ1n) is 10.0. The number of hydrogen-bond donors (Lipinski definition) is 0. The van der Waals surface area contributed by atoms with Crippen LogP contribution in [-0.2, 0) is 13.0 Å². The predicted octanol–water partition coefficient (Wildman–Crippen LogP) is 2.76. The molecule has 160 valence electrons. The van der Waals surface area contributed by atoms with Crippen molar-refractivity contribution in [2.45, 2.75) is 13.0 Å². The second-order valence-electron chi connectivity index (χ2n) is 7.20. The highest BCUT2D eigenvalue weighted by molar-refractivity contribution is 5.79. The van der Waals surface area contributed by atoms with Gasteiger partial charge in [-0.25, -0.2) is 4.98 Å². The summed E-state index contributed by atoms with van der Waals surface area (Å²) in [5, 5.41) is 5.02. The van der Waals surface area contributed by atoms with Crippen LogP contribution in [0.4, 0.5) is 0 Å². The Kier molecular flexibility index (Phi) is 4.98. The smallest absolute Gasteiger partial charge is 0.261 e. The summed E-state index contributed by atoms with van der Waals surface area (Å²) in [4.78, 5) is 26.0. The molecule has 0 saturated heterocycles. The Morgan fingerprint density at radius 3 is 2.69 bits per heavy atom. The van der Waals surface area contributed by atoms with Crippen molar-refractivity contribution in [2.75, 3.05) is 14.2 Å². The van der Waals surface area contributed by atoms with E-state index in [-0.39, 0.29) is 5.56 Å². The maximum Gasteiger partial charge on any atom is 0.261 e. The summed E-state index contributed by atoms with van der Waals surface area (Å²) in [6.45, 7) is 0.514. The Balaban J connectivity index is 1.47. The lowest BCUT2D eigenvalue weighted by atomic mass is 10.1. The van der Waals surface area contributed by atoms with Crippen molar-refractivity contribution < 1.29 is 9.47 Å². The largest absolute Gasteiger partial charge is 0.493 e. The molecule has 0 unspecified atom stereocenters. The quantitative estimate of drug-likeness (QED) is 0.410. The third-order valence-electron chi connectivity index (χ3n) is 5.32. The molecule has 0 fully saturated rings. The molecule has 0 aliphatic rings. The lowest BCUT2D eigenvalue weighted by molar-refractivity contribution is 0.354. The van der Waals surface area contributed by atoms with Gasteiger partial charge >= 0.3 is 0 Å². The van der Waals surface area contributed by atoms with Gasteiger partial charge < -0.3 is 14.0 Å². The number of benzene rings is 1. The zero-order chi connectivity index (χ0) is 22.1. The molecule has 5 aromatic rings. The minimum Gasteiger partial charge on any atom is -0.493 e. The van der Waals surface area contributed by atoms with Crippen molar-refractivity contribution in [3.8, 4) is 22.9 Å². The van der Waals surface area contributed by atoms with Crippen LogP contribution in [0, 0.1) is 0 Å². The Bertz CT molecular complexity index is 1480. The van der Waals surface area contributed by atoms with E-state index in [9.17, 15) is 4.79 Å². The first-order chi connectivity index (χ1) is 15.7. The van der Waals surface area contributed by atoms with E-state index in [0.717, 1.165) is 11.1 Å². The number of aryl methyl sites for hydroxylation is 2. The molecule has 1 aromatic carbocycles. The van der Waals surface area contributed by atoms with Gasteiger partial charge in [0.05, 0.1) is 25.1 Å². The number of rotatable bonds is 6. The van der Waals surface area contributed by atoms with Crippen LogP contribution in [0.2, 0.25) is 0 Å². The van der Waals surface area contributed by atoms with Gasteiger partial charge in [-0.3, -0.25) is 9.78 Å². The molecule has 0 spiro atoms. The van der Waals surface area contributed by atoms with Crippen LogP contribution in [0.5, 0.6) is 11.5 Å². The molecular weight excluding hydrogens is 408 g/mol. The average Bonchev–Trinajstić information content (AvgIpc) is 3.29. The maximum absolute atomic E-state index is 13.1. The van der Waals surface area contributed by atoms with E-state index in [1.54, 1.807) is 48.1 Å². The molecule has 4 aromatic heterocycles. The van der Waals surface area contributed by atoms with E-state index in [1.165, 1.54) is 0 Å². The van der Waals surface area contributed by atoms with Crippen molar-refractivity contribution in [1.29, 1.82) is 0 Å². The van der Waals surface area contributed by atoms with Crippen molar-refractivity contribution in [3.63, 3.8) is 0 Å². The molecule has 9 nitrogen and oxygen atoms in total. The van der Waals surface area contributed by atoms with Gasteiger partial charge in [0.25, 0.3) is 11.3 Å². The average molecular weight is 428 g/mol. The van der Waals surface area contributed by atoms with Gasteiger partial charge in [0.2, 0.25) is 0 Å². The predicted molar refractivity (Wildman–Crippen MR) is 119 cm³/mol. The lowest BCUT2D eigenvalue weighted by Crippen LogP contribution is -2.21. The number of ether oxygens (including phenoxy) is 2. The van der Waals surface area contributed by atoms with Crippen LogP contribution in [0.3, 0.4) is 0 Å². The second kappa shape index (κ2) is 8.10. The third-order valence-corrected chi connectivity index (χ3v) is 5.32. The summed E-state index contributed by atoms with van der Waals surface area (Å²) < 4.78 is 13.9. The molecule has 0 aliphatic carbocycles. The van der Waals surface area contributed by atoms with Gasteiger partial charge in [0.15, 0.2) is 17.3 Å². The van der Waals surface area contributed by atoms with E-state index in [0.29, 0.717) is 47.0 Å². The first-order valence-corrected chi connectivity index (χ1v) is 10.0. The van der Waals surface area contributed by atoms with Gasteiger partial charge in [0.1, 0.15) is 0 Å². The van der Waals surface area contributed by atoms with Crippen LogP contribution in [0.25, 0.3) is 28.1 Å². The maximum atomic E-state index is 13.1. The molecule has 4 heterocycles. The van der Waals surface area contributed by atoms with E-state index in [4.69, 9.17) is 9.47 Å². The van der Waals surface area contributed by atoms with Crippen molar-refractivity contribution in [3.05, 3.63) is 77.1 Å². The number of pyridine rings is 2. The molecule has 0 aliphatic heterocycles. The summed E-state index contributed by atoms with van der Waals surface area (Å²) >= 11 is 0. The minimum absolute atomic E-state index is 0.129. The van der Waals surface area contributed by atoms with Crippen LogP contribution >= 0.6 is 0 Å². The van der Waals surface area contributed by atoms with Gasteiger partial charge in [-0.2, -0.15) is 9.50 Å². The van der Waals surface area contributed by atoms with Gasteiger partial charge in [-0.15, -0.1) is 5.10 Å². The molecule has 0 bridgehead atoms. The number of nitrogens with zero attached hydrogens (tertiary/aromatic N) is 6. The SMILES string of the molecule is COc1ccc(CCn2ccc3c(cnc4nc(-c5cccnc5)nn43)c2=O)cc1OC. The molecule has 32 heavy (non-hydrogen) atoms. The Labute approximate surface area is 182 Å². The first kappa shape index (κ1) is 19.7. The summed E-state index contributed by atoms with van der Waals surface area (Å²) in [6.07, 6.45) is 7.38. The van der Waals surface area contributed by atoms with Crippen molar-refractivity contribution in [1.82, 2.24) is 29.1 Å². The van der Waals surface area contributed by atoms with Crippen LogP contribution in [0.1, 0.15) is 5.56 Å². The van der Waals surface area contributed by atoms with Gasteiger partial charge in [-0.05, 0) is 42.3 Å². The van der Waals surface area contributed by atoms with E-state index >= 15 is 0 Å². The van der Waals surface area contributed by atoms with Crippen molar-refractivity contribution >= 4 is 16.7 Å². The van der Waals surface area contributed by atoms with Gasteiger partial charge in [-0.1, -0.05) is 6.07 Å². The van der Waals surface area contributed by atoms with E-state index in [2.05, 4.69) is 20.1 Å². The normalized spacial score (nSPS) is 11.2. The molecule has 0 saturated carbocycles.